The monoisotopic (exact) mass is 577 g/mol. The molecule has 39 heavy (non-hydrogen) atoms. The summed E-state index contributed by atoms with van der Waals surface area (Å²) in [6.07, 6.45) is 6.53. The minimum atomic E-state index is -4.53. The van der Waals surface area contributed by atoms with E-state index in [0.717, 1.165) is 30.5 Å². The van der Waals surface area contributed by atoms with Crippen molar-refractivity contribution < 1.29 is 31.1 Å². The smallest absolute Gasteiger partial charge is 0.273 e. The van der Waals surface area contributed by atoms with Crippen LogP contribution in [-0.4, -0.2) is 42.2 Å². The lowest BCUT2D eigenvalue weighted by molar-refractivity contribution is 0.0926. The van der Waals surface area contributed by atoms with Crippen LogP contribution in [0.3, 0.4) is 0 Å². The number of nitrogens with zero attached hydrogens (tertiary/aromatic N) is 2. The number of nitrogens with one attached hydrogen (secondary N) is 3. The highest BCUT2D eigenvalue weighted by Crippen LogP contribution is 2.36. The molecule has 4 rings (SSSR count). The number of hydrogen-bond donors (Lipinski definition) is 3. The molecule has 0 fully saturated rings. The van der Waals surface area contributed by atoms with E-state index in [-0.39, 0.29) is 27.5 Å². The molecule has 0 aliphatic rings. The number of aromatic amines is 1. The lowest BCUT2D eigenvalue weighted by Gasteiger charge is -2.18. The van der Waals surface area contributed by atoms with Crippen molar-refractivity contribution in [3.63, 3.8) is 0 Å². The number of H-pyrrole nitrogens is 1. The molecule has 0 saturated heterocycles. The number of carbonyl (C=O) groups excluding carboxylic acids is 1. The summed E-state index contributed by atoms with van der Waals surface area (Å²) in [6, 6.07) is 4.91. The maximum absolute atomic E-state index is 15.5. The zero-order valence-corrected chi connectivity index (χ0v) is 22.1. The number of carbonyl (C=O) groups is 1. The number of methoxy groups -OCH3 is 1. The first-order valence-electron chi connectivity index (χ1n) is 11.0. The van der Waals surface area contributed by atoms with E-state index in [2.05, 4.69) is 26.4 Å². The van der Waals surface area contributed by atoms with Crippen LogP contribution in [0.1, 0.15) is 24.3 Å². The van der Waals surface area contributed by atoms with E-state index in [0.29, 0.717) is 0 Å². The van der Waals surface area contributed by atoms with Crippen LogP contribution >= 0.6 is 11.6 Å². The van der Waals surface area contributed by atoms with Gasteiger partial charge in [-0.05, 0) is 38.1 Å². The van der Waals surface area contributed by atoms with Gasteiger partial charge in [-0.15, -0.1) is 6.42 Å². The van der Waals surface area contributed by atoms with Gasteiger partial charge in [-0.3, -0.25) is 14.6 Å². The number of ether oxygens (including phenoxy) is 1. The molecule has 0 atom stereocenters. The van der Waals surface area contributed by atoms with E-state index >= 15 is 8.78 Å². The van der Waals surface area contributed by atoms with Gasteiger partial charge in [0.2, 0.25) is 5.88 Å². The number of aromatic nitrogens is 3. The second kappa shape index (κ2) is 10.1. The third-order valence-corrected chi connectivity index (χ3v) is 7.12. The fraction of sp³-hybridized carbons (Fsp3) is 0.160. The van der Waals surface area contributed by atoms with E-state index in [1.807, 2.05) is 4.72 Å². The highest BCUT2D eigenvalue weighted by Gasteiger charge is 2.28. The Morgan fingerprint density at radius 2 is 1.90 bits per heavy atom. The standard InChI is InChI=1S/C25H19ClF3N5O4S/c1-5-25(2,3)31-23(35)22-14-7-6-13(19(28)21(14)32-33-22)18-15(27)8-9-16(20(18)29)34-39(36,37)17-10-12(26)11-30-24(17)38-4/h1,6-11,34H,2-4H3,(H,31,35)(H,32,33). The number of amides is 1. The predicted octanol–water partition coefficient (Wildman–Crippen LogP) is 4.65. The quantitative estimate of drug-likeness (QED) is 0.275. The van der Waals surface area contributed by atoms with E-state index < -0.39 is 60.6 Å². The van der Waals surface area contributed by atoms with Gasteiger partial charge in [-0.2, -0.15) is 5.10 Å². The first kappa shape index (κ1) is 27.7. The van der Waals surface area contributed by atoms with Crippen molar-refractivity contribution in [2.75, 3.05) is 11.8 Å². The first-order valence-corrected chi connectivity index (χ1v) is 12.8. The summed E-state index contributed by atoms with van der Waals surface area (Å²) in [7, 11) is -3.36. The topological polar surface area (TPSA) is 126 Å². The second-order valence-electron chi connectivity index (χ2n) is 8.70. The molecule has 1 amide bonds. The molecule has 0 bridgehead atoms. The van der Waals surface area contributed by atoms with Crippen molar-refractivity contribution in [2.45, 2.75) is 24.3 Å². The molecule has 2 aromatic heterocycles. The van der Waals surface area contributed by atoms with Gasteiger partial charge < -0.3 is 10.1 Å². The van der Waals surface area contributed by atoms with Crippen LogP contribution in [0.2, 0.25) is 5.02 Å². The van der Waals surface area contributed by atoms with Crippen LogP contribution in [0, 0.1) is 29.8 Å². The van der Waals surface area contributed by atoms with E-state index in [9.17, 15) is 17.6 Å². The Hall–Kier alpha value is -4.28. The van der Waals surface area contributed by atoms with E-state index in [1.54, 1.807) is 13.8 Å². The van der Waals surface area contributed by atoms with Crippen LogP contribution in [0.15, 0.2) is 41.4 Å². The molecule has 0 spiro atoms. The number of rotatable bonds is 7. The largest absolute Gasteiger partial charge is 0.480 e. The minimum absolute atomic E-state index is 0.0276. The van der Waals surface area contributed by atoms with Gasteiger partial charge in [-0.25, -0.2) is 26.6 Å². The number of halogens is 4. The zero-order chi connectivity index (χ0) is 28.7. The SMILES string of the molecule is C#CC(C)(C)NC(=O)c1n[nH]c2c(F)c(-c3c(F)ccc(NS(=O)(=O)c4cc(Cl)cnc4OC)c3F)ccc12. The fourth-order valence-corrected chi connectivity index (χ4v) is 5.06. The number of sulfonamides is 1. The summed E-state index contributed by atoms with van der Waals surface area (Å²) in [5, 5.41) is 8.72. The fourth-order valence-electron chi connectivity index (χ4n) is 3.63. The van der Waals surface area contributed by atoms with Gasteiger partial charge in [0.1, 0.15) is 11.3 Å². The highest BCUT2D eigenvalue weighted by molar-refractivity contribution is 7.92. The lowest BCUT2D eigenvalue weighted by Crippen LogP contribution is -2.42. The molecule has 0 radical (unpaired) electrons. The zero-order valence-electron chi connectivity index (χ0n) is 20.5. The van der Waals surface area contributed by atoms with Crippen LogP contribution < -0.4 is 14.8 Å². The molecule has 0 aliphatic carbocycles. The van der Waals surface area contributed by atoms with Gasteiger partial charge in [0.25, 0.3) is 15.9 Å². The van der Waals surface area contributed by atoms with Crippen LogP contribution in [0.4, 0.5) is 18.9 Å². The molecule has 14 heteroatoms. The van der Waals surface area contributed by atoms with Crippen LogP contribution in [-0.2, 0) is 10.0 Å². The van der Waals surface area contributed by atoms with Crippen LogP contribution in [0.25, 0.3) is 22.0 Å². The Labute approximate surface area is 225 Å². The van der Waals surface area contributed by atoms with Crippen molar-refractivity contribution in [2.24, 2.45) is 0 Å². The van der Waals surface area contributed by atoms with Gasteiger partial charge in [0.05, 0.1) is 28.9 Å². The molecular weight excluding hydrogens is 559 g/mol. The van der Waals surface area contributed by atoms with Gasteiger partial charge in [0.15, 0.2) is 22.2 Å². The summed E-state index contributed by atoms with van der Waals surface area (Å²) in [4.78, 5) is 15.9. The average molecular weight is 578 g/mol. The summed E-state index contributed by atoms with van der Waals surface area (Å²) in [5.74, 6) is -2.35. The number of anilines is 1. The van der Waals surface area contributed by atoms with E-state index in [4.69, 9.17) is 22.8 Å². The minimum Gasteiger partial charge on any atom is -0.480 e. The molecule has 2 aromatic carbocycles. The third kappa shape index (κ3) is 5.21. The maximum atomic E-state index is 15.5. The maximum Gasteiger partial charge on any atom is 0.273 e. The van der Waals surface area contributed by atoms with E-state index in [1.165, 1.54) is 13.2 Å². The van der Waals surface area contributed by atoms with Gasteiger partial charge in [0, 0.05) is 17.1 Å². The Balaban J connectivity index is 1.78. The Morgan fingerprint density at radius 1 is 1.18 bits per heavy atom. The highest BCUT2D eigenvalue weighted by atomic mass is 35.5. The summed E-state index contributed by atoms with van der Waals surface area (Å²) < 4.78 is 78.8. The third-order valence-electron chi connectivity index (χ3n) is 5.55. The molecule has 0 saturated carbocycles. The Bertz CT molecular complexity index is 1780. The van der Waals surface area contributed by atoms with Crippen molar-refractivity contribution in [3.05, 3.63) is 64.7 Å². The molecule has 2 heterocycles. The Morgan fingerprint density at radius 3 is 2.56 bits per heavy atom. The molecule has 0 unspecified atom stereocenters. The van der Waals surface area contributed by atoms with Crippen molar-refractivity contribution in [1.29, 1.82) is 0 Å². The number of hydrogen-bond acceptors (Lipinski definition) is 6. The molecule has 3 N–H and O–H groups in total. The molecule has 0 aliphatic heterocycles. The first-order chi connectivity index (χ1) is 18.3. The number of benzene rings is 2. The number of terminal acetylenes is 1. The average Bonchev–Trinajstić information content (AvgIpc) is 3.32. The number of pyridine rings is 1. The lowest BCUT2D eigenvalue weighted by atomic mass is 10.0. The van der Waals surface area contributed by atoms with Crippen molar-refractivity contribution in [3.8, 4) is 29.4 Å². The normalized spacial score (nSPS) is 11.7. The summed E-state index contributed by atoms with van der Waals surface area (Å²) >= 11 is 5.85. The molecular formula is C25H19ClF3N5O4S. The molecule has 9 nitrogen and oxygen atoms in total. The summed E-state index contributed by atoms with van der Waals surface area (Å²) in [5.41, 5.74) is -3.62. The Kier molecular flexibility index (Phi) is 7.20. The number of fused-ring (bicyclic) bond motifs is 1. The van der Waals surface area contributed by atoms with Crippen LogP contribution in [0.5, 0.6) is 5.88 Å². The predicted molar refractivity (Wildman–Crippen MR) is 138 cm³/mol. The van der Waals surface area contributed by atoms with Crippen molar-refractivity contribution in [1.82, 2.24) is 20.5 Å². The van der Waals surface area contributed by atoms with Crippen molar-refractivity contribution >= 4 is 44.1 Å². The second-order valence-corrected chi connectivity index (χ2v) is 10.8. The molecule has 202 valence electrons. The van der Waals surface area contributed by atoms with Gasteiger partial charge in [-0.1, -0.05) is 23.6 Å². The summed E-state index contributed by atoms with van der Waals surface area (Å²) in [6.45, 7) is 3.15. The van der Waals surface area contributed by atoms with Gasteiger partial charge >= 0.3 is 0 Å². The molecule has 4 aromatic rings.